The standard InChI is InChI=1S/C16H17N3O4S/c1-9-6-4-5-7-11(9)18-12(20)8-24-14-13(15(21)23-3)10(2)17-16(22)19-14/h4-7H,8H2,1-3H3,(H,18,20)(H,17,19,22). The molecule has 0 saturated heterocycles. The normalized spacial score (nSPS) is 10.3. The van der Waals surface area contributed by atoms with E-state index in [2.05, 4.69) is 15.3 Å². The number of rotatable bonds is 5. The Morgan fingerprint density at radius 2 is 2.00 bits per heavy atom. The van der Waals surface area contributed by atoms with Gasteiger partial charge in [-0.1, -0.05) is 30.0 Å². The molecular formula is C16H17N3O4S. The van der Waals surface area contributed by atoms with Gasteiger partial charge in [-0.2, -0.15) is 4.98 Å². The molecule has 0 bridgehead atoms. The van der Waals surface area contributed by atoms with E-state index in [4.69, 9.17) is 4.74 Å². The van der Waals surface area contributed by atoms with Gasteiger partial charge in [0.25, 0.3) is 0 Å². The quantitative estimate of drug-likeness (QED) is 0.487. The van der Waals surface area contributed by atoms with E-state index < -0.39 is 11.7 Å². The number of methoxy groups -OCH3 is 1. The number of benzene rings is 1. The molecule has 1 amide bonds. The lowest BCUT2D eigenvalue weighted by Gasteiger charge is -2.10. The molecule has 2 aromatic rings. The number of nitrogens with zero attached hydrogens (tertiary/aromatic N) is 1. The fourth-order valence-electron chi connectivity index (χ4n) is 2.04. The van der Waals surface area contributed by atoms with E-state index in [9.17, 15) is 14.4 Å². The lowest BCUT2D eigenvalue weighted by Crippen LogP contribution is -2.20. The number of aromatic nitrogens is 2. The lowest BCUT2D eigenvalue weighted by molar-refractivity contribution is -0.113. The van der Waals surface area contributed by atoms with Gasteiger partial charge in [0.2, 0.25) is 5.91 Å². The third-order valence-electron chi connectivity index (χ3n) is 3.24. The number of hydrogen-bond donors (Lipinski definition) is 2. The van der Waals surface area contributed by atoms with Crippen molar-refractivity contribution in [1.82, 2.24) is 9.97 Å². The summed E-state index contributed by atoms with van der Waals surface area (Å²) in [4.78, 5) is 41.7. The first-order chi connectivity index (χ1) is 11.4. The van der Waals surface area contributed by atoms with Crippen LogP contribution in [0, 0.1) is 13.8 Å². The largest absolute Gasteiger partial charge is 0.465 e. The highest BCUT2D eigenvalue weighted by Gasteiger charge is 2.19. The second-order valence-electron chi connectivity index (χ2n) is 4.99. The molecule has 0 atom stereocenters. The van der Waals surface area contributed by atoms with Crippen LogP contribution < -0.4 is 11.0 Å². The van der Waals surface area contributed by atoms with E-state index in [-0.39, 0.29) is 22.2 Å². The average molecular weight is 347 g/mol. The van der Waals surface area contributed by atoms with Gasteiger partial charge in [-0.05, 0) is 25.5 Å². The molecule has 24 heavy (non-hydrogen) atoms. The minimum Gasteiger partial charge on any atom is -0.465 e. The van der Waals surface area contributed by atoms with Crippen LogP contribution in [0.4, 0.5) is 5.69 Å². The van der Waals surface area contributed by atoms with Crippen molar-refractivity contribution in [2.75, 3.05) is 18.2 Å². The van der Waals surface area contributed by atoms with Gasteiger partial charge in [-0.3, -0.25) is 4.79 Å². The molecule has 0 aliphatic heterocycles. The number of aryl methyl sites for hydroxylation is 2. The van der Waals surface area contributed by atoms with Crippen molar-refractivity contribution in [1.29, 1.82) is 0 Å². The molecular weight excluding hydrogens is 330 g/mol. The fraction of sp³-hybridized carbons (Fsp3) is 0.250. The molecule has 1 aromatic heterocycles. The fourth-order valence-corrected chi connectivity index (χ4v) is 2.91. The van der Waals surface area contributed by atoms with E-state index in [0.717, 1.165) is 17.3 Å². The number of aromatic amines is 1. The van der Waals surface area contributed by atoms with Crippen molar-refractivity contribution in [2.45, 2.75) is 18.9 Å². The van der Waals surface area contributed by atoms with E-state index in [1.165, 1.54) is 7.11 Å². The van der Waals surface area contributed by atoms with Crippen LogP contribution in [0.15, 0.2) is 34.1 Å². The first kappa shape index (κ1) is 17.7. The van der Waals surface area contributed by atoms with Crippen LogP contribution in [0.1, 0.15) is 21.6 Å². The molecule has 1 heterocycles. The van der Waals surface area contributed by atoms with Gasteiger partial charge in [-0.15, -0.1) is 0 Å². The predicted octanol–water partition coefficient (Wildman–Crippen LogP) is 1.90. The van der Waals surface area contributed by atoms with Crippen molar-refractivity contribution in [3.05, 3.63) is 51.6 Å². The number of nitrogens with one attached hydrogen (secondary N) is 2. The molecule has 126 valence electrons. The number of hydrogen-bond acceptors (Lipinski definition) is 6. The molecule has 2 N–H and O–H groups in total. The van der Waals surface area contributed by atoms with Gasteiger partial charge < -0.3 is 15.0 Å². The molecule has 0 spiro atoms. The Labute approximate surface area is 142 Å². The number of esters is 1. The lowest BCUT2D eigenvalue weighted by atomic mass is 10.2. The number of carbonyl (C=O) groups is 2. The molecule has 0 aliphatic rings. The van der Waals surface area contributed by atoms with Gasteiger partial charge in [0.1, 0.15) is 10.6 Å². The molecule has 8 heteroatoms. The van der Waals surface area contributed by atoms with Crippen LogP contribution in [-0.4, -0.2) is 34.7 Å². The Balaban J connectivity index is 2.14. The molecule has 0 unspecified atom stereocenters. The van der Waals surface area contributed by atoms with Gasteiger partial charge in [0.05, 0.1) is 12.9 Å². The summed E-state index contributed by atoms with van der Waals surface area (Å²) in [7, 11) is 1.24. The molecule has 2 rings (SSSR count). The van der Waals surface area contributed by atoms with Gasteiger partial charge in [-0.25, -0.2) is 9.59 Å². The molecule has 0 aliphatic carbocycles. The van der Waals surface area contributed by atoms with Crippen molar-refractivity contribution < 1.29 is 14.3 Å². The summed E-state index contributed by atoms with van der Waals surface area (Å²) in [5.74, 6) is -0.864. The van der Waals surface area contributed by atoms with Crippen LogP contribution in [0.25, 0.3) is 0 Å². The maximum absolute atomic E-state index is 12.1. The Morgan fingerprint density at radius 1 is 1.29 bits per heavy atom. The highest BCUT2D eigenvalue weighted by molar-refractivity contribution is 8.00. The van der Waals surface area contributed by atoms with Crippen molar-refractivity contribution >= 4 is 29.3 Å². The van der Waals surface area contributed by atoms with Crippen molar-refractivity contribution in [3.63, 3.8) is 0 Å². The van der Waals surface area contributed by atoms with Crippen LogP contribution in [-0.2, 0) is 9.53 Å². The summed E-state index contributed by atoms with van der Waals surface area (Å²) in [6.45, 7) is 3.46. The Bertz CT molecular complexity index is 832. The summed E-state index contributed by atoms with van der Waals surface area (Å²) < 4.78 is 4.70. The van der Waals surface area contributed by atoms with Gasteiger partial charge >= 0.3 is 11.7 Å². The van der Waals surface area contributed by atoms with E-state index in [1.54, 1.807) is 13.0 Å². The number of amides is 1. The molecule has 0 fully saturated rings. The maximum atomic E-state index is 12.1. The predicted molar refractivity (Wildman–Crippen MR) is 91.5 cm³/mol. The van der Waals surface area contributed by atoms with Crippen LogP contribution in [0.2, 0.25) is 0 Å². The summed E-state index contributed by atoms with van der Waals surface area (Å²) in [5.41, 5.74) is 1.58. The second-order valence-corrected chi connectivity index (χ2v) is 5.95. The highest BCUT2D eigenvalue weighted by atomic mass is 32.2. The topological polar surface area (TPSA) is 101 Å². The van der Waals surface area contributed by atoms with Crippen LogP contribution in [0.3, 0.4) is 0 Å². The SMILES string of the molecule is COC(=O)c1c(SCC(=O)Nc2ccccc2C)nc(=O)[nH]c1C. The first-order valence-electron chi connectivity index (χ1n) is 7.10. The number of ether oxygens (including phenoxy) is 1. The highest BCUT2D eigenvalue weighted by Crippen LogP contribution is 2.22. The summed E-state index contributed by atoms with van der Waals surface area (Å²) >= 11 is 1.01. The number of anilines is 1. The van der Waals surface area contributed by atoms with E-state index in [1.807, 2.05) is 25.1 Å². The monoisotopic (exact) mass is 347 g/mol. The zero-order valence-corrected chi connectivity index (χ0v) is 14.3. The number of para-hydroxylation sites is 1. The zero-order valence-electron chi connectivity index (χ0n) is 13.5. The Morgan fingerprint density at radius 3 is 2.67 bits per heavy atom. The molecule has 0 saturated carbocycles. The zero-order chi connectivity index (χ0) is 17.7. The number of carbonyl (C=O) groups excluding carboxylic acids is 2. The minimum absolute atomic E-state index is 0.00816. The number of thioether (sulfide) groups is 1. The second kappa shape index (κ2) is 7.78. The first-order valence-corrected chi connectivity index (χ1v) is 8.08. The summed E-state index contributed by atoms with van der Waals surface area (Å²) in [6.07, 6.45) is 0. The third-order valence-corrected chi connectivity index (χ3v) is 4.21. The van der Waals surface area contributed by atoms with Crippen LogP contribution in [0.5, 0.6) is 0 Å². The van der Waals surface area contributed by atoms with Crippen molar-refractivity contribution in [2.24, 2.45) is 0 Å². The van der Waals surface area contributed by atoms with Crippen LogP contribution >= 0.6 is 11.8 Å². The van der Waals surface area contributed by atoms with Gasteiger partial charge in [0.15, 0.2) is 0 Å². The number of H-pyrrole nitrogens is 1. The Hall–Kier alpha value is -2.61. The van der Waals surface area contributed by atoms with Gasteiger partial charge in [0, 0.05) is 11.4 Å². The molecule has 1 aromatic carbocycles. The third kappa shape index (κ3) is 4.23. The van der Waals surface area contributed by atoms with Crippen molar-refractivity contribution in [3.8, 4) is 0 Å². The van der Waals surface area contributed by atoms with E-state index in [0.29, 0.717) is 11.4 Å². The molecule has 0 radical (unpaired) electrons. The maximum Gasteiger partial charge on any atom is 0.346 e. The summed E-state index contributed by atoms with van der Waals surface area (Å²) in [6, 6.07) is 7.39. The molecule has 7 nitrogen and oxygen atoms in total. The smallest absolute Gasteiger partial charge is 0.346 e. The summed E-state index contributed by atoms with van der Waals surface area (Å²) in [5, 5.41) is 2.95. The van der Waals surface area contributed by atoms with E-state index >= 15 is 0 Å². The Kier molecular flexibility index (Phi) is 5.75. The minimum atomic E-state index is -0.613. The average Bonchev–Trinajstić information content (AvgIpc) is 2.54.